The van der Waals surface area contributed by atoms with Crippen LogP contribution in [0, 0.1) is 0 Å². The lowest BCUT2D eigenvalue weighted by molar-refractivity contribution is 0.0505. The van der Waals surface area contributed by atoms with Gasteiger partial charge in [-0.2, -0.15) is 0 Å². The normalized spacial score (nSPS) is 10.9. The van der Waals surface area contributed by atoms with Crippen LogP contribution in [0.3, 0.4) is 0 Å². The molecule has 2 rings (SSSR count). The highest BCUT2D eigenvalue weighted by Crippen LogP contribution is 2.29. The van der Waals surface area contributed by atoms with Crippen LogP contribution in [-0.4, -0.2) is 35.2 Å². The minimum Gasteiger partial charge on any atom is -0.497 e. The van der Waals surface area contributed by atoms with Gasteiger partial charge in [-0.3, -0.25) is 4.72 Å². The van der Waals surface area contributed by atoms with Crippen molar-refractivity contribution in [1.82, 2.24) is 0 Å². The third-order valence-electron chi connectivity index (χ3n) is 3.47. The first kappa shape index (κ1) is 19.6. The Kier molecular flexibility index (Phi) is 6.46. The molecular weight excluding hydrogens is 358 g/mol. The molecule has 0 atom stereocenters. The minimum atomic E-state index is -3.88. The Morgan fingerprint density at radius 3 is 2.31 bits per heavy atom. The summed E-state index contributed by atoms with van der Waals surface area (Å²) in [5, 5.41) is 0. The van der Waals surface area contributed by atoms with Crippen molar-refractivity contribution in [3.05, 3.63) is 48.0 Å². The standard InChI is InChI=1S/C18H21NO6S/c1-4-11-25-18(20)13-5-7-14(8-6-13)19-26(21,22)17-10-9-15(23-2)12-16(17)24-3/h5-10,12,19H,4,11H2,1-3H3. The molecule has 140 valence electrons. The van der Waals surface area contributed by atoms with Gasteiger partial charge < -0.3 is 14.2 Å². The summed E-state index contributed by atoms with van der Waals surface area (Å²) in [6.07, 6.45) is 0.729. The maximum atomic E-state index is 12.6. The molecule has 0 spiro atoms. The van der Waals surface area contributed by atoms with Gasteiger partial charge in [-0.05, 0) is 42.8 Å². The van der Waals surface area contributed by atoms with Crippen molar-refractivity contribution in [1.29, 1.82) is 0 Å². The van der Waals surface area contributed by atoms with E-state index in [1.165, 1.54) is 56.7 Å². The predicted molar refractivity (Wildman–Crippen MR) is 97.4 cm³/mol. The third-order valence-corrected chi connectivity index (χ3v) is 4.89. The molecule has 0 aliphatic rings. The van der Waals surface area contributed by atoms with Crippen LogP contribution in [0.5, 0.6) is 11.5 Å². The van der Waals surface area contributed by atoms with Crippen molar-refractivity contribution in [2.45, 2.75) is 18.2 Å². The number of rotatable bonds is 8. The van der Waals surface area contributed by atoms with Gasteiger partial charge in [0, 0.05) is 11.8 Å². The quantitative estimate of drug-likeness (QED) is 0.709. The first-order valence-corrected chi connectivity index (χ1v) is 9.41. The highest BCUT2D eigenvalue weighted by atomic mass is 32.2. The summed E-state index contributed by atoms with van der Waals surface area (Å²) < 4.78 is 42.9. The van der Waals surface area contributed by atoms with Crippen molar-refractivity contribution in [3.8, 4) is 11.5 Å². The van der Waals surface area contributed by atoms with E-state index < -0.39 is 16.0 Å². The van der Waals surface area contributed by atoms with Crippen LogP contribution >= 0.6 is 0 Å². The zero-order chi connectivity index (χ0) is 19.2. The topological polar surface area (TPSA) is 90.9 Å². The highest BCUT2D eigenvalue weighted by Gasteiger charge is 2.20. The van der Waals surface area contributed by atoms with Crippen LogP contribution in [0.4, 0.5) is 5.69 Å². The summed E-state index contributed by atoms with van der Waals surface area (Å²) in [6, 6.07) is 10.4. The second kappa shape index (κ2) is 8.57. The van der Waals surface area contributed by atoms with Gasteiger partial charge in [-0.25, -0.2) is 13.2 Å². The molecule has 26 heavy (non-hydrogen) atoms. The van der Waals surface area contributed by atoms with Gasteiger partial charge in [0.15, 0.2) is 0 Å². The lowest BCUT2D eigenvalue weighted by atomic mass is 10.2. The van der Waals surface area contributed by atoms with E-state index in [9.17, 15) is 13.2 Å². The van der Waals surface area contributed by atoms with Gasteiger partial charge in [-0.15, -0.1) is 0 Å². The van der Waals surface area contributed by atoms with E-state index >= 15 is 0 Å². The number of anilines is 1. The number of ether oxygens (including phenoxy) is 3. The lowest BCUT2D eigenvalue weighted by Crippen LogP contribution is -2.14. The van der Waals surface area contributed by atoms with E-state index in [0.717, 1.165) is 6.42 Å². The summed E-state index contributed by atoms with van der Waals surface area (Å²) in [7, 11) is -1.02. The van der Waals surface area contributed by atoms with Gasteiger partial charge in [-0.1, -0.05) is 6.92 Å². The first-order chi connectivity index (χ1) is 12.4. The number of hydrogen-bond acceptors (Lipinski definition) is 6. The number of methoxy groups -OCH3 is 2. The Hall–Kier alpha value is -2.74. The molecule has 0 radical (unpaired) electrons. The third kappa shape index (κ3) is 4.66. The van der Waals surface area contributed by atoms with Crippen molar-refractivity contribution in [2.75, 3.05) is 25.5 Å². The molecule has 0 aliphatic carbocycles. The van der Waals surface area contributed by atoms with E-state index in [1.54, 1.807) is 0 Å². The molecule has 0 bridgehead atoms. The summed E-state index contributed by atoms with van der Waals surface area (Å²) in [5.41, 5.74) is 0.665. The number of benzene rings is 2. The smallest absolute Gasteiger partial charge is 0.338 e. The number of carbonyl (C=O) groups is 1. The second-order valence-electron chi connectivity index (χ2n) is 5.34. The average molecular weight is 379 g/mol. The molecular formula is C18H21NO6S. The molecule has 0 fully saturated rings. The molecule has 0 unspecified atom stereocenters. The van der Waals surface area contributed by atoms with Crippen molar-refractivity contribution < 1.29 is 27.4 Å². The first-order valence-electron chi connectivity index (χ1n) is 7.93. The summed E-state index contributed by atoms with van der Waals surface area (Å²) >= 11 is 0. The molecule has 1 N–H and O–H groups in total. The van der Waals surface area contributed by atoms with E-state index in [1.807, 2.05) is 6.92 Å². The molecule has 0 saturated carbocycles. The van der Waals surface area contributed by atoms with Gasteiger partial charge >= 0.3 is 5.97 Å². The van der Waals surface area contributed by atoms with Crippen molar-refractivity contribution >= 4 is 21.7 Å². The molecule has 7 nitrogen and oxygen atoms in total. The molecule has 0 aliphatic heterocycles. The van der Waals surface area contributed by atoms with Crippen LogP contribution in [0.15, 0.2) is 47.4 Å². The van der Waals surface area contributed by atoms with Crippen molar-refractivity contribution in [3.63, 3.8) is 0 Å². The maximum absolute atomic E-state index is 12.6. The van der Waals surface area contributed by atoms with Crippen LogP contribution in [0.2, 0.25) is 0 Å². The van der Waals surface area contributed by atoms with Crippen LogP contribution < -0.4 is 14.2 Å². The van der Waals surface area contributed by atoms with Gasteiger partial charge in [0.1, 0.15) is 16.4 Å². The maximum Gasteiger partial charge on any atom is 0.338 e. The Balaban J connectivity index is 2.20. The van der Waals surface area contributed by atoms with E-state index in [2.05, 4.69) is 4.72 Å². The van der Waals surface area contributed by atoms with Gasteiger partial charge in [0.25, 0.3) is 10.0 Å². The predicted octanol–water partition coefficient (Wildman–Crippen LogP) is 3.07. The fraction of sp³-hybridized carbons (Fsp3) is 0.278. The van der Waals surface area contributed by atoms with E-state index in [0.29, 0.717) is 23.6 Å². The summed E-state index contributed by atoms with van der Waals surface area (Å²) in [5.74, 6) is 0.199. The molecule has 0 amide bonds. The molecule has 0 aromatic heterocycles. The fourth-order valence-electron chi connectivity index (χ4n) is 2.16. The summed E-state index contributed by atoms with van der Waals surface area (Å²) in [4.78, 5) is 11.8. The largest absolute Gasteiger partial charge is 0.497 e. The van der Waals surface area contributed by atoms with E-state index in [-0.39, 0.29) is 10.6 Å². The number of carbonyl (C=O) groups excluding carboxylic acids is 1. The fourth-order valence-corrected chi connectivity index (χ4v) is 3.37. The zero-order valence-electron chi connectivity index (χ0n) is 14.8. The number of sulfonamides is 1. The number of nitrogens with one attached hydrogen (secondary N) is 1. The molecule has 0 heterocycles. The highest BCUT2D eigenvalue weighted by molar-refractivity contribution is 7.92. The molecule has 2 aromatic carbocycles. The average Bonchev–Trinajstić information content (AvgIpc) is 2.65. The van der Waals surface area contributed by atoms with E-state index in [4.69, 9.17) is 14.2 Å². The van der Waals surface area contributed by atoms with Crippen LogP contribution in [0.1, 0.15) is 23.7 Å². The van der Waals surface area contributed by atoms with Crippen LogP contribution in [0.25, 0.3) is 0 Å². The molecule has 2 aromatic rings. The minimum absolute atomic E-state index is 0.0211. The molecule has 0 saturated heterocycles. The summed E-state index contributed by atoms with van der Waals surface area (Å²) in [6.45, 7) is 2.24. The second-order valence-corrected chi connectivity index (χ2v) is 6.99. The zero-order valence-corrected chi connectivity index (χ0v) is 15.6. The Morgan fingerprint density at radius 2 is 1.73 bits per heavy atom. The lowest BCUT2D eigenvalue weighted by Gasteiger charge is -2.13. The monoisotopic (exact) mass is 379 g/mol. The SMILES string of the molecule is CCCOC(=O)c1ccc(NS(=O)(=O)c2ccc(OC)cc2OC)cc1. The van der Waals surface area contributed by atoms with Crippen molar-refractivity contribution in [2.24, 2.45) is 0 Å². The van der Waals surface area contributed by atoms with Gasteiger partial charge in [0.05, 0.1) is 26.4 Å². The number of hydrogen-bond donors (Lipinski definition) is 1. The van der Waals surface area contributed by atoms with Gasteiger partial charge in [0.2, 0.25) is 0 Å². The molecule has 8 heteroatoms. The number of esters is 1. The Bertz CT molecular complexity index is 862. The Labute approximate surface area is 152 Å². The van der Waals surface area contributed by atoms with Crippen LogP contribution in [-0.2, 0) is 14.8 Å². The Morgan fingerprint density at radius 1 is 1.04 bits per heavy atom.